The smallest absolute Gasteiger partial charge is 0.315 e. The van der Waals surface area contributed by atoms with Gasteiger partial charge in [0, 0.05) is 32.0 Å². The molecule has 2 saturated heterocycles. The summed E-state index contributed by atoms with van der Waals surface area (Å²) in [6.07, 6.45) is 4.54. The van der Waals surface area contributed by atoms with Crippen molar-refractivity contribution in [2.24, 2.45) is 34.0 Å². The van der Waals surface area contributed by atoms with E-state index in [0.29, 0.717) is 19.3 Å². The van der Waals surface area contributed by atoms with Crippen molar-refractivity contribution in [3.63, 3.8) is 0 Å². The van der Waals surface area contributed by atoms with Crippen LogP contribution in [0.1, 0.15) is 128 Å². The van der Waals surface area contributed by atoms with E-state index in [4.69, 9.17) is 0 Å². The molecular weight excluding hydrogens is 664 g/mol. The number of imide groups is 1. The number of hydrogen-bond donors (Lipinski definition) is 4. The molecule has 292 valence electrons. The maximum Gasteiger partial charge on any atom is 0.315 e. The molecular formula is C39H64N6O7. The first-order chi connectivity index (χ1) is 23.9. The Balaban J connectivity index is 1.54. The van der Waals surface area contributed by atoms with Crippen LogP contribution in [-0.4, -0.2) is 93.9 Å². The van der Waals surface area contributed by atoms with Crippen LogP contribution in [0.5, 0.6) is 0 Å². The molecule has 0 aromatic carbocycles. The Bertz CT molecular complexity index is 1420. The quantitative estimate of drug-likeness (QED) is 0.165. The third-order valence-electron chi connectivity index (χ3n) is 11.4. The second kappa shape index (κ2) is 15.1. The standard InChI is InChI=1S/C39H64N6O7/c1-12-13-23-18-39(23,31(48)33(50)40-24-14-15-24)43-32(49)29-25(22(2)3)16-17-44(29)34(51)30(37(7,8)9)42-35(52)41-26(36(4,5)6)21-45-27(46)19-38(10,11)20-28(45)47/h22-26,29-30H,12-21H2,1-11H3,(H,40,50)(H,43,49)(H2,41,42,52)/t23-,25+,26+,29-,30+,39+/m0/s1. The first-order valence-corrected chi connectivity index (χ1v) is 19.3. The van der Waals surface area contributed by atoms with E-state index in [2.05, 4.69) is 21.3 Å². The number of nitrogens with zero attached hydrogens (tertiary/aromatic N) is 2. The molecule has 6 atom stereocenters. The molecule has 2 aliphatic carbocycles. The first-order valence-electron chi connectivity index (χ1n) is 19.3. The van der Waals surface area contributed by atoms with Crippen LogP contribution in [-0.2, 0) is 28.8 Å². The minimum atomic E-state index is -1.29. The fourth-order valence-corrected chi connectivity index (χ4v) is 7.87. The van der Waals surface area contributed by atoms with Crippen molar-refractivity contribution in [2.45, 2.75) is 157 Å². The molecule has 2 saturated carbocycles. The highest BCUT2D eigenvalue weighted by molar-refractivity contribution is 6.41. The summed E-state index contributed by atoms with van der Waals surface area (Å²) in [5, 5.41) is 11.6. The molecule has 0 radical (unpaired) electrons. The number of carbonyl (C=O) groups is 7. The van der Waals surface area contributed by atoms with Crippen molar-refractivity contribution < 1.29 is 33.6 Å². The number of nitrogens with one attached hydrogen (secondary N) is 4. The summed E-state index contributed by atoms with van der Waals surface area (Å²) in [5.41, 5.74) is -3.03. The average molecular weight is 729 g/mol. The van der Waals surface area contributed by atoms with Gasteiger partial charge in [0.25, 0.3) is 5.91 Å². The van der Waals surface area contributed by atoms with E-state index in [1.807, 2.05) is 76.2 Å². The van der Waals surface area contributed by atoms with Crippen molar-refractivity contribution in [1.29, 1.82) is 0 Å². The predicted octanol–water partition coefficient (Wildman–Crippen LogP) is 3.69. The van der Waals surface area contributed by atoms with E-state index in [9.17, 15) is 33.6 Å². The van der Waals surface area contributed by atoms with Crippen LogP contribution in [0.25, 0.3) is 0 Å². The molecule has 0 bridgehead atoms. The molecule has 0 aromatic rings. The number of hydrogen-bond acceptors (Lipinski definition) is 7. The lowest BCUT2D eigenvalue weighted by Crippen LogP contribution is -2.63. The topological polar surface area (TPSA) is 174 Å². The van der Waals surface area contributed by atoms with Gasteiger partial charge in [-0.15, -0.1) is 0 Å². The van der Waals surface area contributed by atoms with Crippen LogP contribution >= 0.6 is 0 Å². The molecule has 52 heavy (non-hydrogen) atoms. The van der Waals surface area contributed by atoms with E-state index >= 15 is 0 Å². The van der Waals surface area contributed by atoms with Gasteiger partial charge < -0.3 is 26.2 Å². The summed E-state index contributed by atoms with van der Waals surface area (Å²) < 4.78 is 0. The van der Waals surface area contributed by atoms with Crippen molar-refractivity contribution in [1.82, 2.24) is 31.1 Å². The van der Waals surface area contributed by atoms with Crippen molar-refractivity contribution >= 4 is 41.4 Å². The molecule has 13 heteroatoms. The molecule has 7 amide bonds. The number of ketones is 1. The Morgan fingerprint density at radius 1 is 0.885 bits per heavy atom. The highest BCUT2D eigenvalue weighted by Crippen LogP contribution is 2.48. The molecule has 0 aromatic heterocycles. The third kappa shape index (κ3) is 9.34. The van der Waals surface area contributed by atoms with Gasteiger partial charge in [-0.25, -0.2) is 4.79 Å². The maximum absolute atomic E-state index is 14.6. The molecule has 0 spiro atoms. The van der Waals surface area contributed by atoms with Crippen LogP contribution in [0.3, 0.4) is 0 Å². The zero-order valence-electron chi connectivity index (χ0n) is 33.4. The lowest BCUT2D eigenvalue weighted by Gasteiger charge is -2.40. The zero-order valence-corrected chi connectivity index (χ0v) is 33.4. The van der Waals surface area contributed by atoms with Crippen LogP contribution in [0, 0.1) is 34.0 Å². The summed E-state index contributed by atoms with van der Waals surface area (Å²) in [4.78, 5) is 97.9. The van der Waals surface area contributed by atoms with Crippen LogP contribution in [0.4, 0.5) is 4.79 Å². The monoisotopic (exact) mass is 728 g/mol. The lowest BCUT2D eigenvalue weighted by atomic mass is 9.80. The summed E-state index contributed by atoms with van der Waals surface area (Å²) in [6.45, 7) is 21.3. The minimum Gasteiger partial charge on any atom is -0.347 e. The number of Topliss-reactive ketones (excluding diaryl/α,β-unsaturated/α-hetero) is 1. The van der Waals surface area contributed by atoms with Gasteiger partial charge in [-0.2, -0.15) is 0 Å². The minimum absolute atomic E-state index is 0.000660. The summed E-state index contributed by atoms with van der Waals surface area (Å²) >= 11 is 0. The normalized spacial score (nSPS) is 27.2. The highest BCUT2D eigenvalue weighted by Gasteiger charge is 2.63. The molecule has 4 rings (SSSR count). The molecule has 2 aliphatic heterocycles. The Hall–Kier alpha value is -3.51. The van der Waals surface area contributed by atoms with Crippen molar-refractivity contribution in [2.75, 3.05) is 13.1 Å². The Labute approximate surface area is 309 Å². The van der Waals surface area contributed by atoms with E-state index in [1.54, 1.807) is 0 Å². The fraction of sp³-hybridized carbons (Fsp3) is 0.821. The molecule has 4 fully saturated rings. The number of rotatable bonds is 13. The highest BCUT2D eigenvalue weighted by atomic mass is 16.2. The molecule has 13 nitrogen and oxygen atoms in total. The number of amides is 7. The van der Waals surface area contributed by atoms with Crippen molar-refractivity contribution in [3.05, 3.63) is 0 Å². The molecule has 2 heterocycles. The Morgan fingerprint density at radius 3 is 1.98 bits per heavy atom. The summed E-state index contributed by atoms with van der Waals surface area (Å²) in [6, 6.07) is -3.18. The zero-order chi connectivity index (χ0) is 39.1. The Kier molecular flexibility index (Phi) is 12.0. The van der Waals surface area contributed by atoms with Crippen LogP contribution < -0.4 is 21.3 Å². The van der Waals surface area contributed by atoms with E-state index < -0.39 is 69.4 Å². The third-order valence-corrected chi connectivity index (χ3v) is 11.4. The number of carbonyl (C=O) groups excluding carboxylic acids is 7. The molecule has 4 aliphatic rings. The van der Waals surface area contributed by atoms with Crippen molar-refractivity contribution in [3.8, 4) is 0 Å². The van der Waals surface area contributed by atoms with E-state index in [1.165, 1.54) is 9.80 Å². The predicted molar refractivity (Wildman–Crippen MR) is 196 cm³/mol. The average Bonchev–Trinajstić information content (AvgIpc) is 3.90. The largest absolute Gasteiger partial charge is 0.347 e. The maximum atomic E-state index is 14.6. The molecule has 0 unspecified atom stereocenters. The summed E-state index contributed by atoms with van der Waals surface area (Å²) in [7, 11) is 0. The van der Waals surface area contributed by atoms with Gasteiger partial charge in [0.05, 0.1) is 6.04 Å². The first kappa shape index (κ1) is 41.2. The SMILES string of the molecule is CCC[C@H]1C[C@]1(NC(=O)[C@@H]1[C@@H](C(C)C)CCN1C(=O)[C@@H](NC(=O)N[C@H](CN1C(=O)CC(C)(C)CC1=O)C(C)(C)C)C(C)(C)C)C(=O)C(=O)NC1CC1. The number of likely N-dealkylation sites (tertiary alicyclic amines) is 2. The van der Waals surface area contributed by atoms with Gasteiger partial charge in [-0.05, 0) is 66.1 Å². The number of piperidine rings is 1. The second-order valence-corrected chi connectivity index (χ2v) is 19.2. The van der Waals surface area contributed by atoms with Gasteiger partial charge in [0.2, 0.25) is 29.4 Å². The van der Waals surface area contributed by atoms with Crippen LogP contribution in [0.2, 0.25) is 0 Å². The fourth-order valence-electron chi connectivity index (χ4n) is 7.87. The second-order valence-electron chi connectivity index (χ2n) is 19.2. The lowest BCUT2D eigenvalue weighted by molar-refractivity contribution is -0.153. The van der Waals surface area contributed by atoms with Gasteiger partial charge in [0.1, 0.15) is 17.6 Å². The van der Waals surface area contributed by atoms with Gasteiger partial charge in [-0.3, -0.25) is 33.7 Å². The van der Waals surface area contributed by atoms with E-state index in [0.717, 1.165) is 19.3 Å². The van der Waals surface area contributed by atoms with Gasteiger partial charge >= 0.3 is 6.03 Å². The van der Waals surface area contributed by atoms with Gasteiger partial charge in [0.15, 0.2) is 0 Å². The summed E-state index contributed by atoms with van der Waals surface area (Å²) in [5.74, 6) is -3.07. The van der Waals surface area contributed by atoms with Crippen LogP contribution in [0.15, 0.2) is 0 Å². The van der Waals surface area contributed by atoms with Gasteiger partial charge in [-0.1, -0.05) is 82.6 Å². The Morgan fingerprint density at radius 2 is 1.48 bits per heavy atom. The molecule has 4 N–H and O–H groups in total. The number of urea groups is 1. The van der Waals surface area contributed by atoms with E-state index in [-0.39, 0.29) is 61.5 Å².